The molecule has 5 rings (SSSR count). The summed E-state index contributed by atoms with van der Waals surface area (Å²) >= 11 is 0. The highest BCUT2D eigenvalue weighted by Gasteiger charge is 2.36. The van der Waals surface area contributed by atoms with E-state index in [-0.39, 0.29) is 33.1 Å². The second-order valence-electron chi connectivity index (χ2n) is 9.59. The van der Waals surface area contributed by atoms with Crippen molar-refractivity contribution >= 4 is 44.9 Å². The Morgan fingerprint density at radius 3 is 2.58 bits per heavy atom. The maximum absolute atomic E-state index is 13.5. The first-order valence-electron chi connectivity index (χ1n) is 12.0. The largest absolute Gasteiger partial charge is 0.511 e. The van der Waals surface area contributed by atoms with Crippen LogP contribution in [0.2, 0.25) is 0 Å². The highest BCUT2D eigenvalue weighted by molar-refractivity contribution is 7.92. The van der Waals surface area contributed by atoms with E-state index in [1.165, 1.54) is 24.3 Å². The van der Waals surface area contributed by atoms with Crippen LogP contribution in [0.3, 0.4) is 0 Å². The number of fused-ring (bicyclic) bond motifs is 2. The number of ether oxygens (including phenoxy) is 1. The summed E-state index contributed by atoms with van der Waals surface area (Å²) in [6, 6.07) is 10.5. The zero-order valence-electron chi connectivity index (χ0n) is 20.7. The lowest BCUT2D eigenvalue weighted by Crippen LogP contribution is -2.26. The first-order valence-corrected chi connectivity index (χ1v) is 13.5. The van der Waals surface area contributed by atoms with E-state index in [0.717, 1.165) is 0 Å². The second kappa shape index (κ2) is 9.60. The summed E-state index contributed by atoms with van der Waals surface area (Å²) in [7, 11) is -0.561. The van der Waals surface area contributed by atoms with Crippen LogP contribution in [0, 0.1) is 5.92 Å². The van der Waals surface area contributed by atoms with Gasteiger partial charge in [0, 0.05) is 45.3 Å². The number of nitrogens with one attached hydrogen (secondary N) is 1. The Morgan fingerprint density at radius 1 is 1.13 bits per heavy atom. The van der Waals surface area contributed by atoms with Crippen LogP contribution < -0.4 is 15.0 Å². The lowest BCUT2D eigenvalue weighted by atomic mass is 9.87. The first kappa shape index (κ1) is 25.5. The van der Waals surface area contributed by atoms with E-state index in [2.05, 4.69) is 15.2 Å². The first-order chi connectivity index (χ1) is 18.0. The molecule has 38 heavy (non-hydrogen) atoms. The van der Waals surface area contributed by atoms with Crippen LogP contribution in [-0.4, -0.2) is 48.2 Å². The third kappa shape index (κ3) is 4.74. The SMILES string of the molecule is CN1c2cc(C(CC3CCC(=O)C3)C(=O)Nc3ccn(C)n3)ccc2S(=O)(=O)c2cc(OC(=O)O)ccc21. The molecule has 11 nitrogen and oxygen atoms in total. The van der Waals surface area contributed by atoms with Crippen LogP contribution in [0.25, 0.3) is 0 Å². The van der Waals surface area contributed by atoms with Crippen molar-refractivity contribution in [3.8, 4) is 5.75 Å². The Bertz CT molecular complexity index is 1560. The van der Waals surface area contributed by atoms with Crippen LogP contribution in [0.4, 0.5) is 22.0 Å². The molecule has 2 aromatic carbocycles. The number of carboxylic acid groups (broad SMARTS) is 1. The molecule has 1 aliphatic carbocycles. The van der Waals surface area contributed by atoms with Crippen molar-refractivity contribution in [3.63, 3.8) is 0 Å². The number of carbonyl (C=O) groups excluding carboxylic acids is 2. The third-order valence-electron chi connectivity index (χ3n) is 7.02. The summed E-state index contributed by atoms with van der Waals surface area (Å²) < 4.78 is 33.2. The molecule has 1 aromatic heterocycles. The molecule has 2 N–H and O–H groups in total. The van der Waals surface area contributed by atoms with Crippen LogP contribution >= 0.6 is 0 Å². The van der Waals surface area contributed by atoms with Gasteiger partial charge in [0.1, 0.15) is 11.5 Å². The minimum Gasteiger partial charge on any atom is -0.449 e. The summed E-state index contributed by atoms with van der Waals surface area (Å²) in [6.45, 7) is 0. The zero-order valence-corrected chi connectivity index (χ0v) is 21.6. The summed E-state index contributed by atoms with van der Waals surface area (Å²) in [4.78, 5) is 37.9. The topological polar surface area (TPSA) is 148 Å². The van der Waals surface area contributed by atoms with Crippen molar-refractivity contribution in [2.24, 2.45) is 13.0 Å². The number of sulfone groups is 1. The summed E-state index contributed by atoms with van der Waals surface area (Å²) in [5.41, 5.74) is 1.36. The molecule has 2 aliphatic rings. The van der Waals surface area contributed by atoms with Gasteiger partial charge < -0.3 is 20.1 Å². The van der Waals surface area contributed by atoms with Gasteiger partial charge in [0.05, 0.1) is 27.1 Å². The number of amides is 1. The number of carbonyl (C=O) groups is 3. The molecule has 1 amide bonds. The molecule has 0 saturated heterocycles. The Balaban J connectivity index is 1.52. The fourth-order valence-electron chi connectivity index (χ4n) is 5.16. The highest BCUT2D eigenvalue weighted by Crippen LogP contribution is 2.46. The van der Waals surface area contributed by atoms with Crippen LogP contribution in [0.15, 0.2) is 58.5 Å². The zero-order chi connectivity index (χ0) is 27.2. The van der Waals surface area contributed by atoms with Crippen LogP contribution in [0.1, 0.15) is 37.2 Å². The van der Waals surface area contributed by atoms with Gasteiger partial charge in [-0.1, -0.05) is 6.07 Å². The van der Waals surface area contributed by atoms with Gasteiger partial charge in [-0.2, -0.15) is 5.10 Å². The molecule has 2 atom stereocenters. The summed E-state index contributed by atoms with van der Waals surface area (Å²) in [6.07, 6.45) is 2.22. The van der Waals surface area contributed by atoms with E-state index in [1.54, 1.807) is 48.1 Å². The molecule has 3 aromatic rings. The molecular formula is C26H26N4O7S. The normalized spacial score (nSPS) is 18.4. The van der Waals surface area contributed by atoms with Crippen molar-refractivity contribution in [1.82, 2.24) is 9.78 Å². The number of rotatable bonds is 6. The smallest absolute Gasteiger partial charge is 0.449 e. The van der Waals surface area contributed by atoms with Gasteiger partial charge in [0.15, 0.2) is 5.82 Å². The molecule has 0 spiro atoms. The number of hydrogen-bond donors (Lipinski definition) is 2. The van der Waals surface area contributed by atoms with Gasteiger partial charge in [-0.3, -0.25) is 14.3 Å². The van der Waals surface area contributed by atoms with Crippen molar-refractivity contribution in [2.75, 3.05) is 17.3 Å². The number of ketones is 1. The van der Waals surface area contributed by atoms with Crippen molar-refractivity contribution in [3.05, 3.63) is 54.2 Å². The Labute approximate surface area is 218 Å². The highest BCUT2D eigenvalue weighted by atomic mass is 32.2. The van der Waals surface area contributed by atoms with Gasteiger partial charge in [-0.15, -0.1) is 0 Å². The minimum atomic E-state index is -4.00. The molecule has 1 fully saturated rings. The van der Waals surface area contributed by atoms with Crippen molar-refractivity contribution in [1.29, 1.82) is 0 Å². The van der Waals surface area contributed by atoms with Crippen LogP contribution in [0.5, 0.6) is 5.75 Å². The fraction of sp³-hybridized carbons (Fsp3) is 0.308. The summed E-state index contributed by atoms with van der Waals surface area (Å²) in [5, 5.41) is 16.0. The third-order valence-corrected chi connectivity index (χ3v) is 8.85. The number of aryl methyl sites for hydroxylation is 1. The van der Waals surface area contributed by atoms with E-state index in [0.29, 0.717) is 48.4 Å². The van der Waals surface area contributed by atoms with Crippen LogP contribution in [-0.2, 0) is 26.5 Å². The number of anilines is 3. The van der Waals surface area contributed by atoms with E-state index in [1.807, 2.05) is 0 Å². The predicted octanol–water partition coefficient (Wildman–Crippen LogP) is 3.87. The van der Waals surface area contributed by atoms with Gasteiger partial charge in [-0.25, -0.2) is 13.2 Å². The molecular weight excluding hydrogens is 512 g/mol. The van der Waals surface area contributed by atoms with Gasteiger partial charge in [-0.05, 0) is 48.6 Å². The van der Waals surface area contributed by atoms with E-state index in [4.69, 9.17) is 5.11 Å². The Morgan fingerprint density at radius 2 is 1.92 bits per heavy atom. The number of aromatic nitrogens is 2. The van der Waals surface area contributed by atoms with Gasteiger partial charge >= 0.3 is 6.16 Å². The van der Waals surface area contributed by atoms with E-state index < -0.39 is 21.9 Å². The van der Waals surface area contributed by atoms with Crippen molar-refractivity contribution in [2.45, 2.75) is 41.4 Å². The molecule has 2 unspecified atom stereocenters. The van der Waals surface area contributed by atoms with Gasteiger partial charge in [0.25, 0.3) is 0 Å². The molecule has 12 heteroatoms. The molecule has 2 heterocycles. The quantitative estimate of drug-likeness (QED) is 0.352. The number of hydrogen-bond acceptors (Lipinski definition) is 8. The average Bonchev–Trinajstić information content (AvgIpc) is 3.47. The Hall–Kier alpha value is -4.19. The second-order valence-corrected chi connectivity index (χ2v) is 11.5. The Kier molecular flexibility index (Phi) is 6.43. The number of Topliss-reactive ketones (excluding diaryl/α,β-unsaturated/α-hetero) is 1. The fourth-order valence-corrected chi connectivity index (χ4v) is 6.86. The van der Waals surface area contributed by atoms with E-state index in [9.17, 15) is 22.8 Å². The minimum absolute atomic E-state index is 0.0312. The maximum Gasteiger partial charge on any atom is 0.511 e. The maximum atomic E-state index is 13.5. The lowest BCUT2D eigenvalue weighted by molar-refractivity contribution is -0.119. The monoisotopic (exact) mass is 538 g/mol. The molecule has 1 saturated carbocycles. The molecule has 0 bridgehead atoms. The predicted molar refractivity (Wildman–Crippen MR) is 137 cm³/mol. The number of benzene rings is 2. The van der Waals surface area contributed by atoms with E-state index >= 15 is 0 Å². The molecule has 198 valence electrons. The summed E-state index contributed by atoms with van der Waals surface area (Å²) in [5.74, 6) is -0.408. The molecule has 1 aliphatic heterocycles. The van der Waals surface area contributed by atoms with Gasteiger partial charge in [0.2, 0.25) is 15.7 Å². The number of nitrogens with zero attached hydrogens (tertiary/aromatic N) is 3. The molecule has 0 radical (unpaired) electrons. The lowest BCUT2D eigenvalue weighted by Gasteiger charge is -2.31. The average molecular weight is 539 g/mol. The standard InChI is InChI=1S/C26H26N4O7S/c1-29-10-9-24(28-29)27-25(32)19(12-15-3-5-17(31)11-15)16-4-8-22-21(13-16)30(2)20-7-6-18(37-26(33)34)14-23(20)38(22,35)36/h4,6-10,13-15,19H,3,5,11-12H2,1-2H3,(H,33,34)(H,27,28,32). The van der Waals surface area contributed by atoms with Crippen molar-refractivity contribution < 1.29 is 32.6 Å².